The summed E-state index contributed by atoms with van der Waals surface area (Å²) in [5, 5.41) is 11.5. The van der Waals surface area contributed by atoms with Crippen molar-refractivity contribution < 1.29 is 9.72 Å². The molecule has 29 heavy (non-hydrogen) atoms. The normalized spacial score (nSPS) is 23.8. The van der Waals surface area contributed by atoms with Crippen LogP contribution in [0, 0.1) is 10.1 Å². The first kappa shape index (κ1) is 20.1. The second-order valence-corrected chi connectivity index (χ2v) is 8.65. The molecule has 0 saturated carbocycles. The van der Waals surface area contributed by atoms with Crippen LogP contribution in [0.5, 0.6) is 0 Å². The van der Waals surface area contributed by atoms with Crippen LogP contribution in [0.15, 0.2) is 18.2 Å². The van der Waals surface area contributed by atoms with Gasteiger partial charge in [-0.25, -0.2) is 0 Å². The van der Waals surface area contributed by atoms with Crippen LogP contribution in [0.1, 0.15) is 61.7 Å². The number of nitrogens with zero attached hydrogens (tertiary/aromatic N) is 4. The summed E-state index contributed by atoms with van der Waals surface area (Å²) in [7, 11) is 0. The summed E-state index contributed by atoms with van der Waals surface area (Å²) >= 11 is 0. The molecule has 3 aliphatic rings. The SMILES string of the molecule is O=C(c1cc(N2CCCC(N3CCCCCC3)C2)ccc1[N+](=O)[O-])N1CCCC1. The minimum Gasteiger partial charge on any atom is -0.370 e. The lowest BCUT2D eigenvalue weighted by Gasteiger charge is -2.40. The van der Waals surface area contributed by atoms with E-state index in [0.29, 0.717) is 19.1 Å². The Balaban J connectivity index is 1.54. The molecule has 0 N–H and O–H groups in total. The number of nitro groups is 1. The van der Waals surface area contributed by atoms with Crippen LogP contribution >= 0.6 is 0 Å². The molecule has 1 aromatic carbocycles. The van der Waals surface area contributed by atoms with Crippen molar-refractivity contribution in [2.75, 3.05) is 44.2 Å². The van der Waals surface area contributed by atoms with Crippen LogP contribution in [0.3, 0.4) is 0 Å². The van der Waals surface area contributed by atoms with E-state index in [1.807, 2.05) is 6.07 Å². The molecule has 3 heterocycles. The number of amides is 1. The first-order valence-electron chi connectivity index (χ1n) is 11.2. The highest BCUT2D eigenvalue weighted by Gasteiger charge is 2.30. The average Bonchev–Trinajstić information content (AvgIpc) is 3.15. The van der Waals surface area contributed by atoms with Crippen molar-refractivity contribution in [2.24, 2.45) is 0 Å². The van der Waals surface area contributed by atoms with E-state index in [4.69, 9.17) is 0 Å². The molecule has 0 aliphatic carbocycles. The van der Waals surface area contributed by atoms with E-state index in [2.05, 4.69) is 9.80 Å². The van der Waals surface area contributed by atoms with Crippen molar-refractivity contribution in [2.45, 2.75) is 57.4 Å². The molecule has 0 radical (unpaired) electrons. The molecule has 7 heteroatoms. The van der Waals surface area contributed by atoms with Gasteiger partial charge in [-0.15, -0.1) is 0 Å². The maximum absolute atomic E-state index is 13.0. The third-order valence-electron chi connectivity index (χ3n) is 6.72. The fraction of sp³-hybridized carbons (Fsp3) is 0.682. The summed E-state index contributed by atoms with van der Waals surface area (Å²) in [6, 6.07) is 5.65. The second-order valence-electron chi connectivity index (χ2n) is 8.65. The van der Waals surface area contributed by atoms with E-state index in [1.165, 1.54) is 51.3 Å². The number of likely N-dealkylation sites (tertiary alicyclic amines) is 2. The molecule has 3 fully saturated rings. The monoisotopic (exact) mass is 400 g/mol. The molecule has 0 spiro atoms. The first-order valence-corrected chi connectivity index (χ1v) is 11.2. The van der Waals surface area contributed by atoms with Gasteiger partial charge in [-0.05, 0) is 63.7 Å². The Bertz CT molecular complexity index is 740. The number of carbonyl (C=O) groups excluding carboxylic acids is 1. The van der Waals surface area contributed by atoms with Gasteiger partial charge < -0.3 is 9.80 Å². The number of anilines is 1. The topological polar surface area (TPSA) is 69.9 Å². The van der Waals surface area contributed by atoms with Crippen LogP contribution in [0.25, 0.3) is 0 Å². The van der Waals surface area contributed by atoms with Gasteiger partial charge in [0.05, 0.1) is 4.92 Å². The summed E-state index contributed by atoms with van der Waals surface area (Å²) in [5.74, 6) is -0.197. The lowest BCUT2D eigenvalue weighted by Crippen LogP contribution is -2.48. The summed E-state index contributed by atoms with van der Waals surface area (Å²) in [4.78, 5) is 30.8. The van der Waals surface area contributed by atoms with Crippen LogP contribution in [0.2, 0.25) is 0 Å². The van der Waals surface area contributed by atoms with Crippen molar-refractivity contribution >= 4 is 17.3 Å². The van der Waals surface area contributed by atoms with Crippen molar-refractivity contribution in [3.8, 4) is 0 Å². The predicted octanol–water partition coefficient (Wildman–Crippen LogP) is 3.68. The van der Waals surface area contributed by atoms with Crippen LogP contribution in [0.4, 0.5) is 11.4 Å². The molecule has 7 nitrogen and oxygen atoms in total. The number of nitro benzene ring substituents is 1. The maximum atomic E-state index is 13.0. The number of carbonyl (C=O) groups is 1. The predicted molar refractivity (Wildman–Crippen MR) is 114 cm³/mol. The Morgan fingerprint density at radius 3 is 2.31 bits per heavy atom. The maximum Gasteiger partial charge on any atom is 0.282 e. The third kappa shape index (κ3) is 4.55. The fourth-order valence-corrected chi connectivity index (χ4v) is 5.09. The Hall–Kier alpha value is -2.15. The Labute approximate surface area is 172 Å². The first-order chi connectivity index (χ1) is 14.1. The van der Waals surface area contributed by atoms with Gasteiger partial charge in [0.15, 0.2) is 0 Å². The Morgan fingerprint density at radius 1 is 0.931 bits per heavy atom. The lowest BCUT2D eigenvalue weighted by molar-refractivity contribution is -0.385. The van der Waals surface area contributed by atoms with E-state index >= 15 is 0 Å². The van der Waals surface area contributed by atoms with Gasteiger partial charge in [0.2, 0.25) is 0 Å². The molecule has 158 valence electrons. The quantitative estimate of drug-likeness (QED) is 0.570. The molecule has 0 bridgehead atoms. The van der Waals surface area contributed by atoms with Crippen LogP contribution in [-0.4, -0.2) is 65.9 Å². The van der Waals surface area contributed by atoms with E-state index in [1.54, 1.807) is 11.0 Å². The minimum absolute atomic E-state index is 0.0771. The summed E-state index contributed by atoms with van der Waals surface area (Å²) in [6.07, 6.45) is 9.50. The molecule has 3 aliphatic heterocycles. The molecule has 0 aromatic heterocycles. The van der Waals surface area contributed by atoms with Crippen LogP contribution in [-0.2, 0) is 0 Å². The van der Waals surface area contributed by atoms with Gasteiger partial charge in [-0.3, -0.25) is 19.8 Å². The van der Waals surface area contributed by atoms with Crippen molar-refractivity contribution in [1.29, 1.82) is 0 Å². The number of benzene rings is 1. The van der Waals surface area contributed by atoms with E-state index in [9.17, 15) is 14.9 Å². The minimum atomic E-state index is -0.427. The molecular formula is C22H32N4O3. The van der Waals surface area contributed by atoms with Crippen LogP contribution < -0.4 is 4.90 Å². The van der Waals surface area contributed by atoms with Gasteiger partial charge in [0, 0.05) is 44.0 Å². The number of hydrogen-bond acceptors (Lipinski definition) is 5. The van der Waals surface area contributed by atoms with Gasteiger partial charge in [0.1, 0.15) is 5.56 Å². The smallest absolute Gasteiger partial charge is 0.282 e. The highest BCUT2D eigenvalue weighted by Crippen LogP contribution is 2.30. The highest BCUT2D eigenvalue weighted by molar-refractivity contribution is 5.99. The fourth-order valence-electron chi connectivity index (χ4n) is 5.09. The Morgan fingerprint density at radius 2 is 1.62 bits per heavy atom. The zero-order chi connectivity index (χ0) is 20.2. The molecule has 1 unspecified atom stereocenters. The molecule has 1 aromatic rings. The number of hydrogen-bond donors (Lipinski definition) is 0. The number of rotatable bonds is 4. The standard InChI is InChI=1S/C22H32N4O3/c27-22(24-13-5-6-14-24)20-16-18(9-10-21(20)26(28)29)25-15-7-8-19(17-25)23-11-3-1-2-4-12-23/h9-10,16,19H,1-8,11-15,17H2. The highest BCUT2D eigenvalue weighted by atomic mass is 16.6. The van der Waals surface area contributed by atoms with E-state index < -0.39 is 4.92 Å². The van der Waals surface area contributed by atoms with Crippen molar-refractivity contribution in [3.63, 3.8) is 0 Å². The van der Waals surface area contributed by atoms with Gasteiger partial charge >= 0.3 is 0 Å². The van der Waals surface area contributed by atoms with Crippen molar-refractivity contribution in [3.05, 3.63) is 33.9 Å². The second kappa shape index (κ2) is 9.11. The van der Waals surface area contributed by atoms with Gasteiger partial charge in [-0.2, -0.15) is 0 Å². The van der Waals surface area contributed by atoms with Gasteiger partial charge in [0.25, 0.3) is 11.6 Å². The largest absolute Gasteiger partial charge is 0.370 e. The molecule has 1 amide bonds. The van der Waals surface area contributed by atoms with E-state index in [0.717, 1.165) is 38.0 Å². The third-order valence-corrected chi connectivity index (χ3v) is 6.72. The number of piperidine rings is 1. The van der Waals surface area contributed by atoms with Gasteiger partial charge in [-0.1, -0.05) is 12.8 Å². The summed E-state index contributed by atoms with van der Waals surface area (Å²) < 4.78 is 0. The summed E-state index contributed by atoms with van der Waals surface area (Å²) in [5.41, 5.74) is 1.11. The van der Waals surface area contributed by atoms with Crippen molar-refractivity contribution in [1.82, 2.24) is 9.80 Å². The molecule has 3 saturated heterocycles. The molecule has 4 rings (SSSR count). The molecular weight excluding hydrogens is 368 g/mol. The summed E-state index contributed by atoms with van der Waals surface area (Å²) in [6.45, 7) is 5.63. The average molecular weight is 401 g/mol. The van der Waals surface area contributed by atoms with E-state index in [-0.39, 0.29) is 17.2 Å². The zero-order valence-electron chi connectivity index (χ0n) is 17.2. The zero-order valence-corrected chi connectivity index (χ0v) is 17.2. The lowest BCUT2D eigenvalue weighted by atomic mass is 10.0. The Kier molecular flexibility index (Phi) is 6.33. The molecule has 1 atom stereocenters.